The standard InChI is InChI=1S/C19H18FNO3/c1-13-7-9-15(10-8-13)11-16(20)18(22)21-17(19(23)24)12-14-5-3-2-4-6-14/h2-11,17H,12H2,1H3,(H,21,22)(H,23,24)/b16-11-. The van der Waals surface area contributed by atoms with E-state index in [-0.39, 0.29) is 6.42 Å². The van der Waals surface area contributed by atoms with Crippen molar-refractivity contribution < 1.29 is 19.1 Å². The second-order valence-corrected chi connectivity index (χ2v) is 5.46. The first-order valence-electron chi connectivity index (χ1n) is 7.47. The van der Waals surface area contributed by atoms with Crippen LogP contribution < -0.4 is 5.32 Å². The number of carbonyl (C=O) groups excluding carboxylic acids is 1. The summed E-state index contributed by atoms with van der Waals surface area (Å²) in [6, 6.07) is 14.6. The summed E-state index contributed by atoms with van der Waals surface area (Å²) in [5, 5.41) is 11.4. The van der Waals surface area contributed by atoms with Gasteiger partial charge in [-0.1, -0.05) is 60.2 Å². The predicted octanol–water partition coefficient (Wildman–Crippen LogP) is 3.12. The van der Waals surface area contributed by atoms with Gasteiger partial charge < -0.3 is 10.4 Å². The summed E-state index contributed by atoms with van der Waals surface area (Å²) in [6.45, 7) is 1.90. The fourth-order valence-corrected chi connectivity index (χ4v) is 2.15. The Morgan fingerprint density at radius 3 is 2.33 bits per heavy atom. The third-order valence-corrected chi connectivity index (χ3v) is 3.47. The normalized spacial score (nSPS) is 12.5. The summed E-state index contributed by atoms with van der Waals surface area (Å²) in [6.07, 6.45) is 1.16. The van der Waals surface area contributed by atoms with Gasteiger partial charge in [0.2, 0.25) is 0 Å². The number of hydrogen-bond acceptors (Lipinski definition) is 2. The lowest BCUT2D eigenvalue weighted by molar-refractivity contribution is -0.141. The number of rotatable bonds is 6. The molecule has 0 aliphatic heterocycles. The van der Waals surface area contributed by atoms with E-state index in [1.807, 2.05) is 13.0 Å². The number of nitrogens with one attached hydrogen (secondary N) is 1. The van der Waals surface area contributed by atoms with Gasteiger partial charge in [0.1, 0.15) is 6.04 Å². The first kappa shape index (κ1) is 17.4. The van der Waals surface area contributed by atoms with Gasteiger partial charge in [-0.05, 0) is 24.1 Å². The molecule has 5 heteroatoms. The quantitative estimate of drug-likeness (QED) is 0.801. The molecule has 0 fully saturated rings. The Morgan fingerprint density at radius 2 is 1.75 bits per heavy atom. The fourth-order valence-electron chi connectivity index (χ4n) is 2.15. The molecular formula is C19H18FNO3. The molecule has 1 atom stereocenters. The fraction of sp³-hybridized carbons (Fsp3) is 0.158. The van der Waals surface area contributed by atoms with Gasteiger partial charge in [-0.2, -0.15) is 0 Å². The van der Waals surface area contributed by atoms with Crippen LogP contribution in [0.3, 0.4) is 0 Å². The number of carbonyl (C=O) groups is 2. The monoisotopic (exact) mass is 327 g/mol. The van der Waals surface area contributed by atoms with Crippen LogP contribution in [0, 0.1) is 6.92 Å². The van der Waals surface area contributed by atoms with Crippen molar-refractivity contribution in [2.75, 3.05) is 0 Å². The summed E-state index contributed by atoms with van der Waals surface area (Å²) in [5.41, 5.74) is 2.29. The highest BCUT2D eigenvalue weighted by atomic mass is 19.1. The zero-order chi connectivity index (χ0) is 17.5. The maximum atomic E-state index is 14.0. The third kappa shape index (κ3) is 5.05. The molecule has 1 amide bonds. The number of carboxylic acid groups (broad SMARTS) is 1. The topological polar surface area (TPSA) is 66.4 Å². The number of aliphatic carboxylic acids is 1. The van der Waals surface area contributed by atoms with E-state index in [9.17, 15) is 19.1 Å². The van der Waals surface area contributed by atoms with Gasteiger partial charge in [0.05, 0.1) is 0 Å². The average Bonchev–Trinajstić information content (AvgIpc) is 2.57. The smallest absolute Gasteiger partial charge is 0.326 e. The van der Waals surface area contributed by atoms with Gasteiger partial charge >= 0.3 is 5.97 Å². The largest absolute Gasteiger partial charge is 0.480 e. The molecule has 0 saturated heterocycles. The molecule has 0 aliphatic rings. The SMILES string of the molecule is Cc1ccc(/C=C(\F)C(=O)NC(Cc2ccccc2)C(=O)O)cc1. The van der Waals surface area contributed by atoms with E-state index < -0.39 is 23.7 Å². The molecule has 4 nitrogen and oxygen atoms in total. The van der Waals surface area contributed by atoms with Gasteiger partial charge in [0.25, 0.3) is 5.91 Å². The van der Waals surface area contributed by atoms with Crippen molar-refractivity contribution in [1.29, 1.82) is 0 Å². The van der Waals surface area contributed by atoms with Gasteiger partial charge in [-0.25, -0.2) is 9.18 Å². The van der Waals surface area contributed by atoms with E-state index in [4.69, 9.17) is 0 Å². The molecule has 2 aromatic carbocycles. The van der Waals surface area contributed by atoms with E-state index in [1.165, 1.54) is 0 Å². The zero-order valence-corrected chi connectivity index (χ0v) is 13.2. The van der Waals surface area contributed by atoms with Crippen LogP contribution in [-0.2, 0) is 16.0 Å². The third-order valence-electron chi connectivity index (χ3n) is 3.47. The highest BCUT2D eigenvalue weighted by molar-refractivity contribution is 5.97. The number of hydrogen-bond donors (Lipinski definition) is 2. The molecular weight excluding hydrogens is 309 g/mol. The first-order valence-corrected chi connectivity index (χ1v) is 7.47. The Bertz CT molecular complexity index is 739. The van der Waals surface area contributed by atoms with Crippen LogP contribution in [0.25, 0.3) is 6.08 Å². The van der Waals surface area contributed by atoms with Crippen LogP contribution in [0.2, 0.25) is 0 Å². The van der Waals surface area contributed by atoms with E-state index in [2.05, 4.69) is 5.32 Å². The molecule has 0 aliphatic carbocycles. The molecule has 2 rings (SSSR count). The number of carboxylic acids is 1. The van der Waals surface area contributed by atoms with E-state index >= 15 is 0 Å². The highest BCUT2D eigenvalue weighted by Gasteiger charge is 2.22. The zero-order valence-electron chi connectivity index (χ0n) is 13.2. The Hall–Kier alpha value is -2.95. The molecule has 124 valence electrons. The molecule has 1 unspecified atom stereocenters. The molecule has 0 radical (unpaired) electrons. The number of halogens is 1. The van der Waals surface area contributed by atoms with Gasteiger partial charge in [0, 0.05) is 6.42 Å². The Balaban J connectivity index is 2.06. The van der Waals surface area contributed by atoms with Crippen molar-refractivity contribution >= 4 is 18.0 Å². The maximum Gasteiger partial charge on any atom is 0.326 e. The van der Waals surface area contributed by atoms with Crippen molar-refractivity contribution in [2.24, 2.45) is 0 Å². The minimum atomic E-state index is -1.21. The van der Waals surface area contributed by atoms with Crippen LogP contribution in [0.15, 0.2) is 60.4 Å². The number of amides is 1. The van der Waals surface area contributed by atoms with Crippen molar-refractivity contribution in [3.05, 3.63) is 77.1 Å². The molecule has 24 heavy (non-hydrogen) atoms. The van der Waals surface area contributed by atoms with Gasteiger partial charge in [0.15, 0.2) is 5.83 Å². The summed E-state index contributed by atoms with van der Waals surface area (Å²) >= 11 is 0. The Kier molecular flexibility index (Phi) is 5.84. The van der Waals surface area contributed by atoms with Crippen LogP contribution in [0.5, 0.6) is 0 Å². The number of benzene rings is 2. The van der Waals surface area contributed by atoms with Crippen LogP contribution in [0.1, 0.15) is 16.7 Å². The molecule has 2 aromatic rings. The second-order valence-electron chi connectivity index (χ2n) is 5.46. The summed E-state index contributed by atoms with van der Waals surface area (Å²) in [5.74, 6) is -3.28. The Morgan fingerprint density at radius 1 is 1.12 bits per heavy atom. The second kappa shape index (κ2) is 8.06. The molecule has 0 heterocycles. The highest BCUT2D eigenvalue weighted by Crippen LogP contribution is 2.11. The van der Waals surface area contributed by atoms with Crippen molar-refractivity contribution in [3.8, 4) is 0 Å². The van der Waals surface area contributed by atoms with Gasteiger partial charge in [-0.15, -0.1) is 0 Å². The van der Waals surface area contributed by atoms with E-state index in [0.717, 1.165) is 17.2 Å². The van der Waals surface area contributed by atoms with Crippen LogP contribution in [-0.4, -0.2) is 23.0 Å². The van der Waals surface area contributed by atoms with Crippen LogP contribution in [0.4, 0.5) is 4.39 Å². The predicted molar refractivity (Wildman–Crippen MR) is 90.0 cm³/mol. The van der Waals surface area contributed by atoms with Crippen molar-refractivity contribution in [1.82, 2.24) is 5.32 Å². The Labute approximate surface area is 139 Å². The minimum Gasteiger partial charge on any atom is -0.480 e. The summed E-state index contributed by atoms with van der Waals surface area (Å²) in [4.78, 5) is 23.2. The first-order chi connectivity index (χ1) is 11.5. The minimum absolute atomic E-state index is 0.0831. The molecule has 0 spiro atoms. The lowest BCUT2D eigenvalue weighted by atomic mass is 10.1. The lowest BCUT2D eigenvalue weighted by Crippen LogP contribution is -2.42. The average molecular weight is 327 g/mol. The molecule has 2 N–H and O–H groups in total. The van der Waals surface area contributed by atoms with E-state index in [1.54, 1.807) is 48.5 Å². The maximum absolute atomic E-state index is 14.0. The van der Waals surface area contributed by atoms with E-state index in [0.29, 0.717) is 5.56 Å². The van der Waals surface area contributed by atoms with Gasteiger partial charge in [-0.3, -0.25) is 4.79 Å². The lowest BCUT2D eigenvalue weighted by Gasteiger charge is -2.14. The summed E-state index contributed by atoms with van der Waals surface area (Å²) < 4.78 is 14.0. The molecule has 0 saturated carbocycles. The van der Waals surface area contributed by atoms with Crippen molar-refractivity contribution in [3.63, 3.8) is 0 Å². The van der Waals surface area contributed by atoms with Crippen LogP contribution >= 0.6 is 0 Å². The summed E-state index contributed by atoms with van der Waals surface area (Å²) in [7, 11) is 0. The molecule has 0 aromatic heterocycles. The molecule has 0 bridgehead atoms. The van der Waals surface area contributed by atoms with Crippen molar-refractivity contribution in [2.45, 2.75) is 19.4 Å². The number of aryl methyl sites for hydroxylation is 1.